The van der Waals surface area contributed by atoms with Gasteiger partial charge in [0.15, 0.2) is 5.16 Å². The number of urea groups is 1. The molecular weight excluding hydrogens is 422 g/mol. The number of nitrogens with one attached hydrogen (secondary N) is 1. The van der Waals surface area contributed by atoms with E-state index in [1.165, 1.54) is 37.8 Å². The number of aromatic nitrogens is 2. The lowest BCUT2D eigenvalue weighted by molar-refractivity contribution is -0.129. The summed E-state index contributed by atoms with van der Waals surface area (Å²) >= 11 is 1.55. The van der Waals surface area contributed by atoms with Gasteiger partial charge in [0.1, 0.15) is 0 Å². The first kappa shape index (κ1) is 22.7. The van der Waals surface area contributed by atoms with Crippen LogP contribution < -0.4 is 5.32 Å². The number of benzene rings is 1. The van der Waals surface area contributed by atoms with Crippen molar-refractivity contribution in [3.63, 3.8) is 0 Å². The van der Waals surface area contributed by atoms with E-state index in [1.807, 2.05) is 35.2 Å². The Morgan fingerprint density at radius 3 is 2.34 bits per heavy atom. The summed E-state index contributed by atoms with van der Waals surface area (Å²) < 4.78 is 2.37. The molecule has 0 unspecified atom stereocenters. The minimum atomic E-state index is -0.113. The van der Waals surface area contributed by atoms with Gasteiger partial charge in [0.05, 0.1) is 11.4 Å². The molecule has 4 rings (SSSR count). The van der Waals surface area contributed by atoms with Gasteiger partial charge < -0.3 is 19.7 Å². The molecule has 172 valence electrons. The monoisotopic (exact) mass is 455 g/mol. The van der Waals surface area contributed by atoms with Crippen molar-refractivity contribution in [3.05, 3.63) is 41.7 Å². The van der Waals surface area contributed by atoms with E-state index in [2.05, 4.69) is 23.7 Å². The largest absolute Gasteiger partial charge is 0.338 e. The normalized spacial score (nSPS) is 17.4. The van der Waals surface area contributed by atoms with Crippen molar-refractivity contribution in [1.29, 1.82) is 0 Å². The highest BCUT2D eigenvalue weighted by Crippen LogP contribution is 2.34. The van der Waals surface area contributed by atoms with Crippen molar-refractivity contribution >= 4 is 29.4 Å². The standard InChI is InChI=1S/C24H33N5O2S/c1-18-19(2)29(21-11-7-4-8-12-21)24(25-18)32-17-22(30)27-13-15-28(16-14-27)23(31)26-20-9-5-3-6-10-20/h3,5-6,9-10,21H,4,7-8,11-17H2,1-2H3,(H,26,31). The van der Waals surface area contributed by atoms with E-state index in [0.29, 0.717) is 38.0 Å². The number of rotatable bonds is 5. The Balaban J connectivity index is 1.28. The zero-order valence-electron chi connectivity index (χ0n) is 19.0. The van der Waals surface area contributed by atoms with E-state index in [1.54, 1.807) is 16.7 Å². The van der Waals surface area contributed by atoms with Gasteiger partial charge in [-0.25, -0.2) is 9.78 Å². The predicted molar refractivity (Wildman–Crippen MR) is 128 cm³/mol. The van der Waals surface area contributed by atoms with Crippen LogP contribution in [0.15, 0.2) is 35.5 Å². The molecule has 0 radical (unpaired) electrons. The smallest absolute Gasteiger partial charge is 0.321 e. The van der Waals surface area contributed by atoms with Crippen LogP contribution >= 0.6 is 11.8 Å². The topological polar surface area (TPSA) is 70.5 Å². The number of amides is 3. The highest BCUT2D eigenvalue weighted by Gasteiger charge is 2.26. The summed E-state index contributed by atoms with van der Waals surface area (Å²) in [6, 6.07) is 9.85. The van der Waals surface area contributed by atoms with Gasteiger partial charge in [0.2, 0.25) is 5.91 Å². The van der Waals surface area contributed by atoms with Crippen LogP contribution in [0.3, 0.4) is 0 Å². The number of para-hydroxylation sites is 1. The highest BCUT2D eigenvalue weighted by atomic mass is 32.2. The molecule has 1 aromatic carbocycles. The number of carbonyl (C=O) groups is 2. The summed E-state index contributed by atoms with van der Waals surface area (Å²) in [7, 11) is 0. The fraction of sp³-hybridized carbons (Fsp3) is 0.542. The van der Waals surface area contributed by atoms with Crippen molar-refractivity contribution in [1.82, 2.24) is 19.4 Å². The average molecular weight is 456 g/mol. The molecule has 1 aliphatic heterocycles. The summed E-state index contributed by atoms with van der Waals surface area (Å²) in [4.78, 5) is 33.8. The zero-order chi connectivity index (χ0) is 22.5. The van der Waals surface area contributed by atoms with Crippen molar-refractivity contribution in [2.45, 2.75) is 57.1 Å². The molecule has 0 atom stereocenters. The van der Waals surface area contributed by atoms with Crippen LogP contribution in [0.2, 0.25) is 0 Å². The summed E-state index contributed by atoms with van der Waals surface area (Å²) in [6.45, 7) is 6.42. The van der Waals surface area contributed by atoms with Crippen LogP contribution in [0, 0.1) is 13.8 Å². The third-order valence-corrected chi connectivity index (χ3v) is 7.50. The minimum Gasteiger partial charge on any atom is -0.338 e. The van der Waals surface area contributed by atoms with E-state index in [4.69, 9.17) is 4.98 Å². The first-order chi connectivity index (χ1) is 15.5. The number of imidazole rings is 1. The molecule has 2 fully saturated rings. The maximum atomic E-state index is 12.9. The van der Waals surface area contributed by atoms with Crippen LogP contribution in [0.4, 0.5) is 10.5 Å². The molecule has 0 spiro atoms. The SMILES string of the molecule is Cc1nc(SCC(=O)N2CCN(C(=O)Nc3ccccc3)CC2)n(C2CCCCC2)c1C. The average Bonchev–Trinajstić information content (AvgIpc) is 3.12. The summed E-state index contributed by atoms with van der Waals surface area (Å²) in [5.74, 6) is 0.505. The molecule has 3 amide bonds. The van der Waals surface area contributed by atoms with E-state index in [-0.39, 0.29) is 11.9 Å². The molecule has 8 heteroatoms. The lowest BCUT2D eigenvalue weighted by atomic mass is 9.95. The lowest BCUT2D eigenvalue weighted by Gasteiger charge is -2.34. The minimum absolute atomic E-state index is 0.113. The van der Waals surface area contributed by atoms with Crippen molar-refractivity contribution in [3.8, 4) is 0 Å². The van der Waals surface area contributed by atoms with E-state index >= 15 is 0 Å². The van der Waals surface area contributed by atoms with Crippen molar-refractivity contribution in [2.75, 3.05) is 37.2 Å². The molecule has 0 bridgehead atoms. The second-order valence-corrected chi connectivity index (χ2v) is 9.62. The fourth-order valence-electron chi connectivity index (χ4n) is 4.57. The number of hydrogen-bond donors (Lipinski definition) is 1. The molecule has 1 N–H and O–H groups in total. The van der Waals surface area contributed by atoms with Crippen molar-refractivity contribution < 1.29 is 9.59 Å². The molecular formula is C24H33N5O2S. The fourth-order valence-corrected chi connectivity index (χ4v) is 5.63. The third-order valence-electron chi connectivity index (χ3n) is 6.56. The van der Waals surface area contributed by atoms with Crippen LogP contribution in [-0.2, 0) is 4.79 Å². The van der Waals surface area contributed by atoms with Crippen LogP contribution in [0.1, 0.15) is 49.5 Å². The molecule has 1 aromatic heterocycles. The van der Waals surface area contributed by atoms with E-state index in [0.717, 1.165) is 16.5 Å². The number of aryl methyl sites for hydroxylation is 1. The second-order valence-electron chi connectivity index (χ2n) is 8.68. The summed E-state index contributed by atoms with van der Waals surface area (Å²) in [5, 5.41) is 3.89. The Kier molecular flexibility index (Phi) is 7.40. The van der Waals surface area contributed by atoms with E-state index < -0.39 is 0 Å². The number of carbonyl (C=O) groups excluding carboxylic acids is 2. The molecule has 2 heterocycles. The lowest BCUT2D eigenvalue weighted by Crippen LogP contribution is -2.52. The number of thioether (sulfide) groups is 1. The first-order valence-corrected chi connectivity index (χ1v) is 12.6. The molecule has 2 aromatic rings. The van der Waals surface area contributed by atoms with Gasteiger partial charge in [0.25, 0.3) is 0 Å². The Hall–Kier alpha value is -2.48. The Labute approximate surface area is 194 Å². The summed E-state index contributed by atoms with van der Waals surface area (Å²) in [6.07, 6.45) is 6.26. The molecule has 1 aliphatic carbocycles. The van der Waals surface area contributed by atoms with Gasteiger partial charge in [-0.3, -0.25) is 4.79 Å². The van der Waals surface area contributed by atoms with Crippen molar-refractivity contribution in [2.24, 2.45) is 0 Å². The van der Waals surface area contributed by atoms with Gasteiger partial charge >= 0.3 is 6.03 Å². The number of nitrogens with zero attached hydrogens (tertiary/aromatic N) is 4. The molecule has 32 heavy (non-hydrogen) atoms. The Morgan fingerprint density at radius 1 is 1.00 bits per heavy atom. The Bertz CT molecular complexity index is 931. The molecule has 7 nitrogen and oxygen atoms in total. The molecule has 2 aliphatic rings. The molecule has 1 saturated carbocycles. The summed E-state index contributed by atoms with van der Waals surface area (Å²) in [5.41, 5.74) is 3.07. The van der Waals surface area contributed by atoms with Gasteiger partial charge in [-0.15, -0.1) is 0 Å². The van der Waals surface area contributed by atoms with Gasteiger partial charge in [0, 0.05) is 43.6 Å². The quantitative estimate of drug-likeness (QED) is 0.675. The maximum Gasteiger partial charge on any atom is 0.321 e. The molecule has 1 saturated heterocycles. The van der Waals surface area contributed by atoms with Crippen LogP contribution in [0.25, 0.3) is 0 Å². The van der Waals surface area contributed by atoms with Gasteiger partial charge in [-0.05, 0) is 38.8 Å². The number of anilines is 1. The second kappa shape index (κ2) is 10.4. The van der Waals surface area contributed by atoms with Gasteiger partial charge in [-0.2, -0.15) is 0 Å². The van der Waals surface area contributed by atoms with Crippen LogP contribution in [-0.4, -0.2) is 63.2 Å². The first-order valence-electron chi connectivity index (χ1n) is 11.6. The number of piperazine rings is 1. The number of hydrogen-bond acceptors (Lipinski definition) is 4. The highest BCUT2D eigenvalue weighted by molar-refractivity contribution is 7.99. The maximum absolute atomic E-state index is 12.9. The zero-order valence-corrected chi connectivity index (χ0v) is 19.9. The van der Waals surface area contributed by atoms with E-state index in [9.17, 15) is 9.59 Å². The van der Waals surface area contributed by atoms with Crippen LogP contribution in [0.5, 0.6) is 0 Å². The predicted octanol–water partition coefficient (Wildman–Crippen LogP) is 4.47. The van der Waals surface area contributed by atoms with Gasteiger partial charge in [-0.1, -0.05) is 49.2 Å². The third kappa shape index (κ3) is 5.28. The Morgan fingerprint density at radius 2 is 1.66 bits per heavy atom.